The van der Waals surface area contributed by atoms with E-state index in [4.69, 9.17) is 0 Å². The van der Waals surface area contributed by atoms with Gasteiger partial charge in [0, 0.05) is 0 Å². The molecule has 3 aromatic rings. The molecular weight excluding hydrogens is 415 g/mol. The maximum absolute atomic E-state index is 13.4. The normalized spacial score (nSPS) is 12.3. The van der Waals surface area contributed by atoms with Crippen LogP contribution < -0.4 is 9.62 Å². The fourth-order valence-corrected chi connectivity index (χ4v) is 4.76. The molecule has 7 heteroatoms. The molecule has 0 heterocycles. The average Bonchev–Trinajstić information content (AvgIpc) is 2.75. The molecule has 0 fully saturated rings. The van der Waals surface area contributed by atoms with Crippen molar-refractivity contribution in [2.75, 3.05) is 10.8 Å². The van der Waals surface area contributed by atoms with Crippen molar-refractivity contribution < 1.29 is 17.6 Å². The van der Waals surface area contributed by atoms with Gasteiger partial charge in [-0.15, -0.1) is 0 Å². The van der Waals surface area contributed by atoms with Gasteiger partial charge in [-0.2, -0.15) is 0 Å². The third-order valence-corrected chi connectivity index (χ3v) is 6.77. The molecule has 1 amide bonds. The summed E-state index contributed by atoms with van der Waals surface area (Å²) in [5.41, 5.74) is 2.80. The summed E-state index contributed by atoms with van der Waals surface area (Å²) in [7, 11) is -3.97. The second kappa shape index (κ2) is 9.31. The molecule has 162 valence electrons. The van der Waals surface area contributed by atoms with E-state index in [0.29, 0.717) is 5.69 Å². The van der Waals surface area contributed by atoms with Gasteiger partial charge in [0.15, 0.2) is 0 Å². The lowest BCUT2D eigenvalue weighted by molar-refractivity contribution is -0.120. The molecule has 1 N–H and O–H groups in total. The molecule has 0 saturated heterocycles. The molecule has 0 radical (unpaired) electrons. The molecule has 0 aliphatic rings. The number of aryl methyl sites for hydroxylation is 2. The molecule has 5 nitrogen and oxygen atoms in total. The molecule has 31 heavy (non-hydrogen) atoms. The van der Waals surface area contributed by atoms with Crippen LogP contribution in [0.4, 0.5) is 10.1 Å². The second-order valence-electron chi connectivity index (χ2n) is 7.46. The van der Waals surface area contributed by atoms with Gasteiger partial charge in [0.25, 0.3) is 10.0 Å². The Labute approximate surface area is 182 Å². The summed E-state index contributed by atoms with van der Waals surface area (Å²) >= 11 is 0. The number of hydrogen-bond donors (Lipinski definition) is 1. The Morgan fingerprint density at radius 3 is 2.29 bits per heavy atom. The Morgan fingerprint density at radius 2 is 1.65 bits per heavy atom. The van der Waals surface area contributed by atoms with Crippen LogP contribution in [0.15, 0.2) is 77.7 Å². The minimum Gasteiger partial charge on any atom is -0.348 e. The van der Waals surface area contributed by atoms with Gasteiger partial charge in [-0.3, -0.25) is 9.10 Å². The lowest BCUT2D eigenvalue weighted by Gasteiger charge is -2.27. The predicted octanol–water partition coefficient (Wildman–Crippen LogP) is 4.52. The fourth-order valence-electron chi connectivity index (χ4n) is 3.26. The van der Waals surface area contributed by atoms with E-state index in [2.05, 4.69) is 5.32 Å². The smallest absolute Gasteiger partial charge is 0.264 e. The van der Waals surface area contributed by atoms with E-state index >= 15 is 0 Å². The van der Waals surface area contributed by atoms with Crippen LogP contribution in [0.2, 0.25) is 0 Å². The zero-order valence-electron chi connectivity index (χ0n) is 17.7. The van der Waals surface area contributed by atoms with Crippen molar-refractivity contribution in [3.63, 3.8) is 0 Å². The summed E-state index contributed by atoms with van der Waals surface area (Å²) < 4.78 is 41.2. The highest BCUT2D eigenvalue weighted by Gasteiger charge is 2.28. The van der Waals surface area contributed by atoms with Crippen molar-refractivity contribution >= 4 is 21.6 Å². The van der Waals surface area contributed by atoms with Gasteiger partial charge in [-0.1, -0.05) is 42.5 Å². The summed E-state index contributed by atoms with van der Waals surface area (Å²) in [6.45, 7) is 5.06. The maximum Gasteiger partial charge on any atom is 0.264 e. The summed E-state index contributed by atoms with van der Waals surface area (Å²) in [6, 6.07) is 18.9. The van der Waals surface area contributed by atoms with Crippen LogP contribution in [-0.4, -0.2) is 20.9 Å². The minimum absolute atomic E-state index is 0.107. The molecule has 0 aliphatic heterocycles. The van der Waals surface area contributed by atoms with Gasteiger partial charge in [0.1, 0.15) is 12.4 Å². The Balaban J connectivity index is 1.92. The largest absolute Gasteiger partial charge is 0.348 e. The molecule has 1 atom stereocenters. The van der Waals surface area contributed by atoms with E-state index in [9.17, 15) is 17.6 Å². The van der Waals surface area contributed by atoms with E-state index in [1.165, 1.54) is 24.3 Å². The summed E-state index contributed by atoms with van der Waals surface area (Å²) in [5, 5.41) is 2.81. The van der Waals surface area contributed by atoms with Crippen molar-refractivity contribution in [1.29, 1.82) is 0 Å². The molecular formula is C24H25FN2O3S. The monoisotopic (exact) mass is 440 g/mol. The third-order valence-electron chi connectivity index (χ3n) is 5.00. The Kier molecular flexibility index (Phi) is 6.75. The van der Waals surface area contributed by atoms with E-state index in [-0.39, 0.29) is 17.3 Å². The van der Waals surface area contributed by atoms with Crippen molar-refractivity contribution in [1.82, 2.24) is 5.32 Å². The van der Waals surface area contributed by atoms with E-state index < -0.39 is 22.0 Å². The summed E-state index contributed by atoms with van der Waals surface area (Å²) in [4.78, 5) is 13.0. The first-order valence-corrected chi connectivity index (χ1v) is 11.3. The number of nitrogens with one attached hydrogen (secondary N) is 1. The number of nitrogens with zero attached hydrogens (tertiary/aromatic N) is 1. The van der Waals surface area contributed by atoms with Crippen LogP contribution in [0.25, 0.3) is 0 Å². The zero-order chi connectivity index (χ0) is 22.6. The van der Waals surface area contributed by atoms with E-state index in [1.807, 2.05) is 19.1 Å². The highest BCUT2D eigenvalue weighted by atomic mass is 32.2. The first-order valence-electron chi connectivity index (χ1n) is 9.88. The van der Waals surface area contributed by atoms with E-state index in [1.54, 1.807) is 50.2 Å². The maximum atomic E-state index is 13.4. The predicted molar refractivity (Wildman–Crippen MR) is 120 cm³/mol. The van der Waals surface area contributed by atoms with Crippen LogP contribution in [0, 0.1) is 19.7 Å². The number of amides is 1. The lowest BCUT2D eigenvalue weighted by Crippen LogP contribution is -2.42. The minimum atomic E-state index is -3.97. The third kappa shape index (κ3) is 5.30. The van der Waals surface area contributed by atoms with Crippen molar-refractivity contribution in [3.8, 4) is 0 Å². The van der Waals surface area contributed by atoms with Crippen LogP contribution in [0.5, 0.6) is 0 Å². The number of anilines is 1. The Bertz CT molecular complexity index is 1160. The SMILES string of the molecule is Cc1ccc(C)c(N(CC(=O)N[C@H](C)c2ccc(F)cc2)S(=O)(=O)c2ccccc2)c1. The first kappa shape index (κ1) is 22.5. The molecule has 0 saturated carbocycles. The van der Waals surface area contributed by atoms with Gasteiger partial charge in [-0.05, 0) is 67.8 Å². The molecule has 0 spiro atoms. The number of carbonyl (C=O) groups is 1. The lowest BCUT2D eigenvalue weighted by atomic mass is 10.1. The quantitative estimate of drug-likeness (QED) is 0.588. The molecule has 3 rings (SSSR count). The Hall–Kier alpha value is -3.19. The fraction of sp³-hybridized carbons (Fsp3) is 0.208. The van der Waals surface area contributed by atoms with Crippen molar-refractivity contribution in [2.45, 2.75) is 31.7 Å². The van der Waals surface area contributed by atoms with Crippen molar-refractivity contribution in [2.24, 2.45) is 0 Å². The van der Waals surface area contributed by atoms with Gasteiger partial charge >= 0.3 is 0 Å². The number of sulfonamides is 1. The number of carbonyl (C=O) groups excluding carboxylic acids is 1. The van der Waals surface area contributed by atoms with Gasteiger partial charge in [0.2, 0.25) is 5.91 Å². The molecule has 0 aromatic heterocycles. The van der Waals surface area contributed by atoms with E-state index in [0.717, 1.165) is 21.0 Å². The van der Waals surface area contributed by atoms with Crippen LogP contribution >= 0.6 is 0 Å². The number of halogens is 1. The highest BCUT2D eigenvalue weighted by molar-refractivity contribution is 7.92. The second-order valence-corrected chi connectivity index (χ2v) is 9.32. The topological polar surface area (TPSA) is 66.5 Å². The first-order chi connectivity index (χ1) is 14.7. The summed E-state index contributed by atoms with van der Waals surface area (Å²) in [5.74, 6) is -0.824. The van der Waals surface area contributed by atoms with Gasteiger partial charge < -0.3 is 5.32 Å². The van der Waals surface area contributed by atoms with Crippen LogP contribution in [0.3, 0.4) is 0 Å². The molecule has 0 bridgehead atoms. The number of rotatable bonds is 7. The standard InChI is InChI=1S/C24H25FN2O3S/c1-17-9-10-18(2)23(15-17)27(31(29,30)22-7-5-4-6-8-22)16-24(28)26-19(3)20-11-13-21(25)14-12-20/h4-15,19H,16H2,1-3H3,(H,26,28)/t19-/m1/s1. The Morgan fingerprint density at radius 1 is 1.00 bits per heavy atom. The van der Waals surface area contributed by atoms with Gasteiger partial charge in [0.05, 0.1) is 16.6 Å². The average molecular weight is 441 g/mol. The van der Waals surface area contributed by atoms with Crippen molar-refractivity contribution in [3.05, 3.63) is 95.3 Å². The van der Waals surface area contributed by atoms with Crippen LogP contribution in [-0.2, 0) is 14.8 Å². The number of benzene rings is 3. The molecule has 3 aromatic carbocycles. The summed E-state index contributed by atoms with van der Waals surface area (Å²) in [6.07, 6.45) is 0. The molecule has 0 aliphatic carbocycles. The van der Waals surface area contributed by atoms with Crippen LogP contribution in [0.1, 0.15) is 29.7 Å². The highest BCUT2D eigenvalue weighted by Crippen LogP contribution is 2.28. The molecule has 0 unspecified atom stereocenters. The zero-order valence-corrected chi connectivity index (χ0v) is 18.5. The number of hydrogen-bond acceptors (Lipinski definition) is 3. The van der Waals surface area contributed by atoms with Gasteiger partial charge in [-0.25, -0.2) is 12.8 Å².